The number of nitrogens with zero attached hydrogens (tertiary/aromatic N) is 1. The number of carbonyl (C=O) groups is 2. The summed E-state index contributed by atoms with van der Waals surface area (Å²) in [4.78, 5) is 24.8. The highest BCUT2D eigenvalue weighted by atomic mass is 32.2. The van der Waals surface area contributed by atoms with Crippen LogP contribution in [0, 0.1) is 11.8 Å². The minimum atomic E-state index is -0.267. The van der Waals surface area contributed by atoms with Crippen molar-refractivity contribution < 1.29 is 9.59 Å². The highest BCUT2D eigenvalue weighted by Gasteiger charge is 2.29. The molecular weight excluding hydrogens is 224 g/mol. The molecule has 2 aliphatic heterocycles. The number of hydrogen-bond acceptors (Lipinski definition) is 3. The highest BCUT2D eigenvalue weighted by Crippen LogP contribution is 2.28. The number of hydrogen-bond donors (Lipinski definition) is 1. The fourth-order valence-corrected chi connectivity index (χ4v) is 3.02. The van der Waals surface area contributed by atoms with Crippen LogP contribution >= 0.6 is 11.8 Å². The van der Waals surface area contributed by atoms with Gasteiger partial charge in [0.25, 0.3) is 0 Å². The SMILES string of the molecule is NC(=O)[C@H]1CCCN(C(=O)CC2CSC2)C1. The van der Waals surface area contributed by atoms with Gasteiger partial charge < -0.3 is 10.6 Å². The zero-order valence-electron chi connectivity index (χ0n) is 9.35. The van der Waals surface area contributed by atoms with Gasteiger partial charge in [-0.15, -0.1) is 0 Å². The molecule has 2 fully saturated rings. The zero-order chi connectivity index (χ0) is 11.5. The first kappa shape index (κ1) is 11.8. The zero-order valence-corrected chi connectivity index (χ0v) is 10.2. The minimum absolute atomic E-state index is 0.131. The van der Waals surface area contributed by atoms with Crippen molar-refractivity contribution in [3.63, 3.8) is 0 Å². The molecule has 0 saturated carbocycles. The second-order valence-electron chi connectivity index (χ2n) is 4.69. The molecule has 2 amide bonds. The van der Waals surface area contributed by atoms with Crippen LogP contribution in [-0.4, -0.2) is 41.3 Å². The summed E-state index contributed by atoms with van der Waals surface area (Å²) in [6.45, 7) is 1.33. The van der Waals surface area contributed by atoms with Gasteiger partial charge in [-0.2, -0.15) is 11.8 Å². The fraction of sp³-hybridized carbons (Fsp3) is 0.818. The van der Waals surface area contributed by atoms with Crippen LogP contribution in [0.15, 0.2) is 0 Å². The number of rotatable bonds is 3. The summed E-state index contributed by atoms with van der Waals surface area (Å²) in [6.07, 6.45) is 2.38. The Kier molecular flexibility index (Phi) is 3.74. The van der Waals surface area contributed by atoms with Crippen molar-refractivity contribution in [3.05, 3.63) is 0 Å². The van der Waals surface area contributed by atoms with Crippen molar-refractivity contribution >= 4 is 23.6 Å². The number of nitrogens with two attached hydrogens (primary N) is 1. The summed E-state index contributed by atoms with van der Waals surface area (Å²) in [5.41, 5.74) is 5.29. The molecule has 90 valence electrons. The van der Waals surface area contributed by atoms with Gasteiger partial charge in [0.05, 0.1) is 5.92 Å². The van der Waals surface area contributed by atoms with E-state index < -0.39 is 0 Å². The molecule has 1 atom stereocenters. The molecule has 4 nitrogen and oxygen atoms in total. The second kappa shape index (κ2) is 5.08. The van der Waals surface area contributed by atoms with Crippen molar-refractivity contribution in [2.24, 2.45) is 17.6 Å². The Hall–Kier alpha value is -0.710. The van der Waals surface area contributed by atoms with Gasteiger partial charge in [-0.1, -0.05) is 0 Å². The number of piperidine rings is 1. The second-order valence-corrected chi connectivity index (χ2v) is 5.76. The quantitative estimate of drug-likeness (QED) is 0.782. The Bertz CT molecular complexity index is 292. The normalized spacial score (nSPS) is 26.2. The van der Waals surface area contributed by atoms with Crippen LogP contribution < -0.4 is 5.73 Å². The Morgan fingerprint density at radius 1 is 1.38 bits per heavy atom. The van der Waals surface area contributed by atoms with Crippen molar-refractivity contribution in [2.45, 2.75) is 19.3 Å². The average molecular weight is 242 g/mol. The van der Waals surface area contributed by atoms with Crippen molar-refractivity contribution in [1.29, 1.82) is 0 Å². The molecular formula is C11H18N2O2S. The summed E-state index contributed by atoms with van der Waals surface area (Å²) >= 11 is 1.89. The van der Waals surface area contributed by atoms with E-state index in [2.05, 4.69) is 0 Å². The van der Waals surface area contributed by atoms with E-state index in [9.17, 15) is 9.59 Å². The maximum atomic E-state index is 11.9. The third-order valence-corrected chi connectivity index (χ3v) is 4.76. The summed E-state index contributed by atoms with van der Waals surface area (Å²) in [7, 11) is 0. The van der Waals surface area contributed by atoms with E-state index in [0.717, 1.165) is 30.9 Å². The van der Waals surface area contributed by atoms with Gasteiger partial charge in [-0.3, -0.25) is 9.59 Å². The number of likely N-dealkylation sites (tertiary alicyclic amines) is 1. The fourth-order valence-electron chi connectivity index (χ4n) is 2.21. The number of thioether (sulfide) groups is 1. The van der Waals surface area contributed by atoms with Crippen LogP contribution in [0.4, 0.5) is 0 Å². The maximum absolute atomic E-state index is 11.9. The maximum Gasteiger partial charge on any atom is 0.222 e. The molecule has 0 aliphatic carbocycles. The Labute approximate surface area is 99.9 Å². The molecule has 0 aromatic heterocycles. The standard InChI is InChI=1S/C11H18N2O2S/c12-11(15)9-2-1-3-13(5-9)10(14)4-8-6-16-7-8/h8-9H,1-7H2,(H2,12,15)/t9-/m0/s1. The molecule has 5 heteroatoms. The smallest absolute Gasteiger partial charge is 0.222 e. The van der Waals surface area contributed by atoms with E-state index in [-0.39, 0.29) is 17.7 Å². The molecule has 16 heavy (non-hydrogen) atoms. The van der Waals surface area contributed by atoms with E-state index >= 15 is 0 Å². The highest BCUT2D eigenvalue weighted by molar-refractivity contribution is 8.00. The molecule has 0 spiro atoms. The first-order chi connectivity index (χ1) is 7.66. The van der Waals surface area contributed by atoms with E-state index in [1.165, 1.54) is 0 Å². The van der Waals surface area contributed by atoms with Gasteiger partial charge >= 0.3 is 0 Å². The molecule has 2 aliphatic rings. The van der Waals surface area contributed by atoms with E-state index in [4.69, 9.17) is 5.73 Å². The lowest BCUT2D eigenvalue weighted by molar-refractivity contribution is -0.135. The average Bonchev–Trinajstić information content (AvgIpc) is 2.23. The molecule has 0 unspecified atom stereocenters. The Morgan fingerprint density at radius 2 is 2.12 bits per heavy atom. The molecule has 2 rings (SSSR count). The van der Waals surface area contributed by atoms with Crippen LogP contribution in [-0.2, 0) is 9.59 Å². The van der Waals surface area contributed by atoms with Crippen LogP contribution in [0.5, 0.6) is 0 Å². The van der Waals surface area contributed by atoms with Gasteiger partial charge in [-0.05, 0) is 30.3 Å². The van der Waals surface area contributed by atoms with Gasteiger partial charge in [0.1, 0.15) is 0 Å². The van der Waals surface area contributed by atoms with E-state index in [1.54, 1.807) is 0 Å². The first-order valence-corrected chi connectivity index (χ1v) is 6.97. The lowest BCUT2D eigenvalue weighted by Crippen LogP contribution is -2.45. The van der Waals surface area contributed by atoms with Crippen molar-refractivity contribution in [1.82, 2.24) is 4.90 Å². The van der Waals surface area contributed by atoms with Crippen LogP contribution in [0.3, 0.4) is 0 Å². The lowest BCUT2D eigenvalue weighted by atomic mass is 9.96. The Balaban J connectivity index is 1.83. The largest absolute Gasteiger partial charge is 0.369 e. The Morgan fingerprint density at radius 3 is 2.69 bits per heavy atom. The van der Waals surface area contributed by atoms with E-state index in [0.29, 0.717) is 18.9 Å². The molecule has 0 aromatic carbocycles. The minimum Gasteiger partial charge on any atom is -0.369 e. The molecule has 0 radical (unpaired) electrons. The van der Waals surface area contributed by atoms with Gasteiger partial charge in [0.2, 0.25) is 11.8 Å². The van der Waals surface area contributed by atoms with Crippen LogP contribution in [0.1, 0.15) is 19.3 Å². The lowest BCUT2D eigenvalue weighted by Gasteiger charge is -2.33. The first-order valence-electron chi connectivity index (χ1n) is 5.81. The molecule has 2 N–H and O–H groups in total. The number of primary amides is 1. The third-order valence-electron chi connectivity index (χ3n) is 3.35. The van der Waals surface area contributed by atoms with E-state index in [1.807, 2.05) is 16.7 Å². The van der Waals surface area contributed by atoms with Crippen LogP contribution in [0.25, 0.3) is 0 Å². The molecule has 0 bridgehead atoms. The predicted molar refractivity (Wildman–Crippen MR) is 63.9 cm³/mol. The predicted octanol–water partition coefficient (Wildman–Crippen LogP) is 0.463. The van der Waals surface area contributed by atoms with Crippen LogP contribution in [0.2, 0.25) is 0 Å². The molecule has 2 saturated heterocycles. The summed E-state index contributed by atoms with van der Waals surface area (Å²) in [5.74, 6) is 2.59. The summed E-state index contributed by atoms with van der Waals surface area (Å²) in [5, 5.41) is 0. The molecule has 0 aromatic rings. The van der Waals surface area contributed by atoms with Crippen molar-refractivity contribution in [3.8, 4) is 0 Å². The summed E-state index contributed by atoms with van der Waals surface area (Å²) in [6, 6.07) is 0. The third kappa shape index (κ3) is 2.70. The van der Waals surface area contributed by atoms with Crippen molar-refractivity contribution in [2.75, 3.05) is 24.6 Å². The summed E-state index contributed by atoms with van der Waals surface area (Å²) < 4.78 is 0. The topological polar surface area (TPSA) is 63.4 Å². The van der Waals surface area contributed by atoms with Gasteiger partial charge in [-0.25, -0.2) is 0 Å². The number of amides is 2. The monoisotopic (exact) mass is 242 g/mol. The van der Waals surface area contributed by atoms with Gasteiger partial charge in [0.15, 0.2) is 0 Å². The number of carbonyl (C=O) groups excluding carboxylic acids is 2. The van der Waals surface area contributed by atoms with Gasteiger partial charge in [0, 0.05) is 19.5 Å². The molecule has 2 heterocycles.